The van der Waals surface area contributed by atoms with Crippen LogP contribution in [-0.4, -0.2) is 58.6 Å². The molecule has 162 valence electrons. The van der Waals surface area contributed by atoms with Gasteiger partial charge in [0, 0.05) is 24.0 Å². The lowest BCUT2D eigenvalue weighted by atomic mass is 10.2. The molecule has 1 amide bonds. The second-order valence-electron chi connectivity index (χ2n) is 7.66. The molecule has 2 aliphatic rings. The fraction of sp³-hybridized carbons (Fsp3) is 0.550. The van der Waals surface area contributed by atoms with E-state index in [2.05, 4.69) is 6.58 Å². The summed E-state index contributed by atoms with van der Waals surface area (Å²) in [6.45, 7) is 6.41. The molecule has 2 aromatic rings. The summed E-state index contributed by atoms with van der Waals surface area (Å²) in [6.07, 6.45) is 5.13. The van der Waals surface area contributed by atoms with Gasteiger partial charge in [0.2, 0.25) is 5.91 Å². The number of aromatic nitrogens is 2. The normalized spacial score (nSPS) is 19.8. The van der Waals surface area contributed by atoms with Crippen LogP contribution >= 0.6 is 23.1 Å². The van der Waals surface area contributed by atoms with Crippen LogP contribution in [0.3, 0.4) is 0 Å². The van der Waals surface area contributed by atoms with E-state index >= 15 is 0 Å². The highest BCUT2D eigenvalue weighted by Gasteiger charge is 2.34. The third-order valence-electron chi connectivity index (χ3n) is 5.74. The van der Waals surface area contributed by atoms with Gasteiger partial charge in [-0.25, -0.2) is 13.4 Å². The maximum atomic E-state index is 13.2. The lowest BCUT2D eigenvalue weighted by molar-refractivity contribution is -0.129. The van der Waals surface area contributed by atoms with Gasteiger partial charge in [0.1, 0.15) is 4.83 Å². The number of fused-ring (bicyclic) bond motifs is 3. The minimum absolute atomic E-state index is 0.0311. The van der Waals surface area contributed by atoms with Crippen LogP contribution < -0.4 is 5.56 Å². The largest absolute Gasteiger partial charge is 0.338 e. The Bertz CT molecular complexity index is 1170. The summed E-state index contributed by atoms with van der Waals surface area (Å²) in [7, 11) is -3.06. The van der Waals surface area contributed by atoms with Crippen molar-refractivity contribution in [2.75, 3.05) is 23.8 Å². The molecular weight excluding hydrogens is 442 g/mol. The van der Waals surface area contributed by atoms with Crippen molar-refractivity contribution in [2.24, 2.45) is 0 Å². The molecule has 2 aromatic heterocycles. The summed E-state index contributed by atoms with van der Waals surface area (Å²) in [5.74, 6) is 0.153. The fourth-order valence-corrected chi connectivity index (χ4v) is 8.25. The fourth-order valence-electron chi connectivity index (χ4n) is 4.33. The van der Waals surface area contributed by atoms with Gasteiger partial charge in [0.25, 0.3) is 5.56 Å². The van der Waals surface area contributed by atoms with E-state index in [0.29, 0.717) is 24.7 Å². The maximum absolute atomic E-state index is 13.2. The molecule has 7 nitrogen and oxygen atoms in total. The number of hydrogen-bond donors (Lipinski definition) is 0. The molecule has 0 aromatic carbocycles. The summed E-state index contributed by atoms with van der Waals surface area (Å²) >= 11 is 2.82. The molecule has 4 rings (SSSR count). The first-order valence-electron chi connectivity index (χ1n) is 10.1. The lowest BCUT2D eigenvalue weighted by Gasteiger charge is -2.26. The molecule has 10 heteroatoms. The molecule has 0 radical (unpaired) electrons. The molecule has 0 N–H and O–H groups in total. The molecular formula is C20H25N3O4S3. The predicted molar refractivity (Wildman–Crippen MR) is 121 cm³/mol. The first-order valence-corrected chi connectivity index (χ1v) is 13.8. The number of thioether (sulfide) groups is 1. The Labute approximate surface area is 184 Å². The average Bonchev–Trinajstić information content (AvgIpc) is 3.37. The number of nitrogens with zero attached hydrogens (tertiary/aromatic N) is 3. The van der Waals surface area contributed by atoms with Crippen LogP contribution in [0.2, 0.25) is 0 Å². The number of rotatable bonds is 7. The molecule has 30 heavy (non-hydrogen) atoms. The molecule has 1 aliphatic heterocycles. The molecule has 1 aliphatic carbocycles. The van der Waals surface area contributed by atoms with Crippen LogP contribution in [-0.2, 0) is 34.0 Å². The molecule has 0 unspecified atom stereocenters. The monoisotopic (exact) mass is 467 g/mol. The van der Waals surface area contributed by atoms with Crippen LogP contribution in [0, 0.1) is 0 Å². The van der Waals surface area contributed by atoms with Gasteiger partial charge < -0.3 is 4.90 Å². The van der Waals surface area contributed by atoms with Crippen molar-refractivity contribution >= 4 is 49.1 Å². The number of aryl methyl sites for hydroxylation is 2. The van der Waals surface area contributed by atoms with E-state index in [1.165, 1.54) is 16.6 Å². The van der Waals surface area contributed by atoms with E-state index in [1.807, 2.05) is 6.92 Å². The third-order valence-corrected chi connectivity index (χ3v) is 9.63. The minimum atomic E-state index is -3.06. The van der Waals surface area contributed by atoms with Gasteiger partial charge in [-0.1, -0.05) is 17.8 Å². The lowest BCUT2D eigenvalue weighted by Crippen LogP contribution is -2.42. The van der Waals surface area contributed by atoms with Crippen molar-refractivity contribution in [2.45, 2.75) is 50.4 Å². The topological polar surface area (TPSA) is 89.3 Å². The molecule has 0 spiro atoms. The number of allylic oxidation sites excluding steroid dienone is 1. The summed E-state index contributed by atoms with van der Waals surface area (Å²) in [5.41, 5.74) is 1.07. The molecule has 0 bridgehead atoms. The van der Waals surface area contributed by atoms with Crippen molar-refractivity contribution in [1.29, 1.82) is 0 Å². The summed E-state index contributed by atoms with van der Waals surface area (Å²) in [6, 6.07) is -0.265. The Kier molecular flexibility index (Phi) is 6.09. The second kappa shape index (κ2) is 8.47. The Morgan fingerprint density at radius 3 is 2.90 bits per heavy atom. The van der Waals surface area contributed by atoms with Crippen molar-refractivity contribution in [3.8, 4) is 0 Å². The Morgan fingerprint density at radius 1 is 1.43 bits per heavy atom. The van der Waals surface area contributed by atoms with Gasteiger partial charge in [-0.05, 0) is 38.2 Å². The summed E-state index contributed by atoms with van der Waals surface area (Å²) in [5, 5.41) is 1.23. The standard InChI is InChI=1S/C20H25N3O4S3/c1-3-9-23-19(25)17-14-6-5-7-15(14)29-18(17)21-20(23)28-11-16(24)22(4-2)13-8-10-30(26,27)12-13/h3,13H,1,4-12H2,2H3/t13-/m0/s1. The van der Waals surface area contributed by atoms with Crippen LogP contribution in [0.25, 0.3) is 10.2 Å². The second-order valence-corrected chi connectivity index (χ2v) is 11.9. The van der Waals surface area contributed by atoms with Crippen LogP contribution in [0.4, 0.5) is 0 Å². The SMILES string of the molecule is C=CCn1c(SCC(=O)N(CC)[C@H]2CCS(=O)(=O)C2)nc2sc3c(c2c1=O)CCC3. The number of carbonyl (C=O) groups excluding carboxylic acids is 1. The van der Waals surface area contributed by atoms with Gasteiger partial charge in [-0.2, -0.15) is 0 Å². The van der Waals surface area contributed by atoms with Crippen LogP contribution in [0.5, 0.6) is 0 Å². The summed E-state index contributed by atoms with van der Waals surface area (Å²) in [4.78, 5) is 34.4. The highest BCUT2D eigenvalue weighted by Crippen LogP contribution is 2.35. The van der Waals surface area contributed by atoms with Crippen molar-refractivity contribution in [1.82, 2.24) is 14.5 Å². The molecule has 0 saturated carbocycles. The minimum Gasteiger partial charge on any atom is -0.338 e. The smallest absolute Gasteiger partial charge is 0.263 e. The molecule has 3 heterocycles. The molecule has 1 atom stereocenters. The predicted octanol–water partition coefficient (Wildman–Crippen LogP) is 2.26. The van der Waals surface area contributed by atoms with Crippen molar-refractivity contribution < 1.29 is 13.2 Å². The van der Waals surface area contributed by atoms with Gasteiger partial charge >= 0.3 is 0 Å². The number of amides is 1. The van der Waals surface area contributed by atoms with Crippen LogP contribution in [0.15, 0.2) is 22.6 Å². The molecule has 1 saturated heterocycles. The first kappa shape index (κ1) is 21.6. The third kappa shape index (κ3) is 3.97. The van der Waals surface area contributed by atoms with Crippen molar-refractivity contribution in [3.05, 3.63) is 33.4 Å². The average molecular weight is 468 g/mol. The number of carbonyl (C=O) groups is 1. The van der Waals surface area contributed by atoms with Gasteiger partial charge in [0.05, 0.1) is 22.6 Å². The van der Waals surface area contributed by atoms with E-state index in [0.717, 1.165) is 35.0 Å². The zero-order chi connectivity index (χ0) is 21.5. The zero-order valence-corrected chi connectivity index (χ0v) is 19.4. The van der Waals surface area contributed by atoms with E-state index in [9.17, 15) is 18.0 Å². The number of sulfone groups is 1. The van der Waals surface area contributed by atoms with Gasteiger partial charge in [0.15, 0.2) is 15.0 Å². The summed E-state index contributed by atoms with van der Waals surface area (Å²) < 4.78 is 25.2. The van der Waals surface area contributed by atoms with Crippen LogP contribution in [0.1, 0.15) is 30.2 Å². The maximum Gasteiger partial charge on any atom is 0.263 e. The van der Waals surface area contributed by atoms with E-state index in [4.69, 9.17) is 4.98 Å². The van der Waals surface area contributed by atoms with E-state index in [1.54, 1.807) is 26.9 Å². The highest BCUT2D eigenvalue weighted by atomic mass is 32.2. The van der Waals surface area contributed by atoms with E-state index in [-0.39, 0.29) is 34.8 Å². The van der Waals surface area contributed by atoms with Gasteiger partial charge in [-0.3, -0.25) is 14.2 Å². The van der Waals surface area contributed by atoms with Crippen molar-refractivity contribution in [3.63, 3.8) is 0 Å². The Balaban J connectivity index is 1.58. The first-order chi connectivity index (χ1) is 14.3. The number of hydrogen-bond acceptors (Lipinski definition) is 7. The quantitative estimate of drug-likeness (QED) is 0.353. The zero-order valence-electron chi connectivity index (χ0n) is 16.9. The molecule has 1 fully saturated rings. The Morgan fingerprint density at radius 2 is 2.23 bits per heavy atom. The van der Waals surface area contributed by atoms with Gasteiger partial charge in [-0.15, -0.1) is 17.9 Å². The van der Waals surface area contributed by atoms with E-state index < -0.39 is 9.84 Å². The Hall–Kier alpha value is -1.65. The highest BCUT2D eigenvalue weighted by molar-refractivity contribution is 7.99. The number of thiophene rings is 1.